The van der Waals surface area contributed by atoms with Crippen molar-refractivity contribution in [3.63, 3.8) is 0 Å². The van der Waals surface area contributed by atoms with Gasteiger partial charge >= 0.3 is 29.8 Å². The summed E-state index contributed by atoms with van der Waals surface area (Å²) in [5.41, 5.74) is -6.55. The molecule has 2 aliphatic rings. The lowest BCUT2D eigenvalue weighted by Crippen LogP contribution is -2.81. The Morgan fingerprint density at radius 1 is 0.643 bits per heavy atom. The summed E-state index contributed by atoms with van der Waals surface area (Å²) in [6, 6.07) is 0. The van der Waals surface area contributed by atoms with Gasteiger partial charge in [-0.1, -0.05) is 6.92 Å². The van der Waals surface area contributed by atoms with Gasteiger partial charge in [0, 0.05) is 13.3 Å². The van der Waals surface area contributed by atoms with Crippen LogP contribution in [0.1, 0.15) is 20.3 Å². The van der Waals surface area contributed by atoms with Gasteiger partial charge in [0.05, 0.1) is 0 Å². The zero-order valence-corrected chi connectivity index (χ0v) is 13.5. The van der Waals surface area contributed by atoms with Crippen molar-refractivity contribution in [3.8, 4) is 0 Å². The molecule has 166 valence electrons. The van der Waals surface area contributed by atoms with Gasteiger partial charge in [-0.15, -0.1) is 0 Å². The number of hydrogen-bond donors (Lipinski definition) is 0. The third-order valence-corrected chi connectivity index (χ3v) is 4.00. The van der Waals surface area contributed by atoms with Crippen LogP contribution in [-0.2, 0) is 18.9 Å². The first kappa shape index (κ1) is 23.3. The molecular weight excluding hydrogens is 436 g/mol. The van der Waals surface area contributed by atoms with Crippen molar-refractivity contribution in [1.29, 1.82) is 0 Å². The molecule has 0 atom stereocenters. The highest BCUT2D eigenvalue weighted by Gasteiger charge is 2.98. The Labute approximate surface area is 147 Å². The van der Waals surface area contributed by atoms with Crippen LogP contribution >= 0.6 is 0 Å². The molecule has 0 aliphatic carbocycles. The van der Waals surface area contributed by atoms with Gasteiger partial charge in [0.15, 0.2) is 0 Å². The van der Waals surface area contributed by atoms with Crippen molar-refractivity contribution in [2.75, 3.05) is 0 Å². The van der Waals surface area contributed by atoms with Crippen LogP contribution in [-0.4, -0.2) is 48.9 Å². The summed E-state index contributed by atoms with van der Waals surface area (Å²) in [5.74, 6) is -9.36. The fourth-order valence-corrected chi connectivity index (χ4v) is 2.50. The molecule has 0 saturated carbocycles. The molecule has 0 aromatic rings. The zero-order chi connectivity index (χ0) is 22.2. The van der Waals surface area contributed by atoms with Crippen LogP contribution in [0.5, 0.6) is 0 Å². The van der Waals surface area contributed by atoms with E-state index in [-0.39, 0.29) is 6.92 Å². The Morgan fingerprint density at radius 3 is 1.18 bits per heavy atom. The van der Waals surface area contributed by atoms with Crippen molar-refractivity contribution < 1.29 is 71.6 Å². The highest BCUT2D eigenvalue weighted by Crippen LogP contribution is 2.71. The van der Waals surface area contributed by atoms with Crippen LogP contribution in [0.2, 0.25) is 0 Å². The Bertz CT molecular complexity index is 578. The maximum Gasteiger partial charge on any atom is 0.389 e. The van der Waals surface area contributed by atoms with Gasteiger partial charge in [-0.05, 0) is 0 Å². The van der Waals surface area contributed by atoms with Gasteiger partial charge in [0.2, 0.25) is 12.6 Å². The minimum Gasteiger partial charge on any atom is -0.283 e. The summed E-state index contributed by atoms with van der Waals surface area (Å²) in [6.07, 6.45) is -35.5. The number of rotatable bonds is 3. The molecule has 28 heavy (non-hydrogen) atoms. The van der Waals surface area contributed by atoms with E-state index in [2.05, 4.69) is 18.9 Å². The normalized spacial score (nSPS) is 37.1. The van der Waals surface area contributed by atoms with E-state index in [9.17, 15) is 52.7 Å². The van der Waals surface area contributed by atoms with E-state index >= 15 is 0 Å². The summed E-state index contributed by atoms with van der Waals surface area (Å²) >= 11 is 0. The van der Waals surface area contributed by atoms with E-state index in [0.29, 0.717) is 6.92 Å². The fourth-order valence-electron chi connectivity index (χ4n) is 2.50. The van der Waals surface area contributed by atoms with E-state index in [1.54, 1.807) is 0 Å². The van der Waals surface area contributed by atoms with E-state index < -0.39 is 60.7 Å². The molecule has 2 heterocycles. The number of ether oxygens (including phenoxy) is 4. The van der Waals surface area contributed by atoms with Gasteiger partial charge in [-0.3, -0.25) is 18.9 Å². The van der Waals surface area contributed by atoms with Gasteiger partial charge in [0.25, 0.3) is 11.8 Å². The standard InChI is InChI=1S/C12H10F12O4/c1-3-7(15,16)5-27-11(21,22)8(12(23,24)28-5)9(17,18)25-4(6(2,13)14)26-10(8,19)20/h4-5H,3H2,1-2H3. The van der Waals surface area contributed by atoms with Gasteiger partial charge in [-0.25, -0.2) is 17.6 Å². The molecule has 0 radical (unpaired) electrons. The molecule has 0 unspecified atom stereocenters. The largest absolute Gasteiger partial charge is 0.389 e. The number of hydrogen-bond acceptors (Lipinski definition) is 4. The van der Waals surface area contributed by atoms with Crippen LogP contribution in [0.3, 0.4) is 0 Å². The average Bonchev–Trinajstić information content (AvgIpc) is 2.40. The van der Waals surface area contributed by atoms with Gasteiger partial charge < -0.3 is 0 Å². The third kappa shape index (κ3) is 2.94. The predicted molar refractivity (Wildman–Crippen MR) is 60.0 cm³/mol. The quantitative estimate of drug-likeness (QED) is 0.585. The van der Waals surface area contributed by atoms with E-state index in [4.69, 9.17) is 0 Å². The first-order chi connectivity index (χ1) is 12.2. The van der Waals surface area contributed by atoms with Crippen molar-refractivity contribution in [2.45, 2.75) is 69.1 Å². The molecule has 0 bridgehead atoms. The third-order valence-electron chi connectivity index (χ3n) is 4.00. The first-order valence-electron chi connectivity index (χ1n) is 7.17. The summed E-state index contributed by atoms with van der Waals surface area (Å²) in [4.78, 5) is 0. The minimum atomic E-state index is -6.55. The van der Waals surface area contributed by atoms with Crippen LogP contribution in [0.4, 0.5) is 52.7 Å². The smallest absolute Gasteiger partial charge is 0.283 e. The molecule has 2 saturated heterocycles. The molecule has 2 fully saturated rings. The highest BCUT2D eigenvalue weighted by molar-refractivity contribution is 5.10. The molecule has 4 nitrogen and oxygen atoms in total. The van der Waals surface area contributed by atoms with Crippen molar-refractivity contribution >= 4 is 0 Å². The summed E-state index contributed by atoms with van der Waals surface area (Å²) in [7, 11) is 0. The Kier molecular flexibility index (Phi) is 5.00. The second-order valence-electron chi connectivity index (χ2n) is 6.02. The van der Waals surface area contributed by atoms with E-state index in [1.165, 1.54) is 0 Å². The molecule has 0 amide bonds. The summed E-state index contributed by atoms with van der Waals surface area (Å²) < 4.78 is 178. The fraction of sp³-hybridized carbons (Fsp3) is 1.00. The average molecular weight is 446 g/mol. The summed E-state index contributed by atoms with van der Waals surface area (Å²) in [6.45, 7) is 0.251. The van der Waals surface area contributed by atoms with Gasteiger partial charge in [0.1, 0.15) is 0 Å². The highest BCUT2D eigenvalue weighted by atomic mass is 19.3. The molecule has 1 spiro atoms. The Morgan fingerprint density at radius 2 is 0.929 bits per heavy atom. The SMILES string of the molecule is CCC(F)(F)C1OC(F)(F)C2(C(F)(F)OC(C(C)(F)F)OC2(F)F)C(F)(F)O1. The Hall–Kier alpha value is -1.00. The van der Waals surface area contributed by atoms with Crippen molar-refractivity contribution in [1.82, 2.24) is 0 Å². The van der Waals surface area contributed by atoms with Crippen LogP contribution in [0.15, 0.2) is 0 Å². The maximum absolute atomic E-state index is 14.1. The van der Waals surface area contributed by atoms with Crippen LogP contribution in [0.25, 0.3) is 0 Å². The predicted octanol–water partition coefficient (Wildman–Crippen LogP) is 4.79. The molecule has 2 aliphatic heterocycles. The molecule has 2 rings (SSSR count). The lowest BCUT2D eigenvalue weighted by Gasteiger charge is -2.56. The van der Waals surface area contributed by atoms with Gasteiger partial charge in [-0.2, -0.15) is 35.1 Å². The Balaban J connectivity index is 2.67. The van der Waals surface area contributed by atoms with Crippen molar-refractivity contribution in [3.05, 3.63) is 0 Å². The lowest BCUT2D eigenvalue weighted by molar-refractivity contribution is -0.653. The van der Waals surface area contributed by atoms with Crippen LogP contribution < -0.4 is 0 Å². The van der Waals surface area contributed by atoms with Crippen molar-refractivity contribution in [2.24, 2.45) is 5.41 Å². The molecule has 0 N–H and O–H groups in total. The first-order valence-corrected chi connectivity index (χ1v) is 7.17. The molecular formula is C12H10F12O4. The number of alkyl halides is 12. The monoisotopic (exact) mass is 446 g/mol. The van der Waals surface area contributed by atoms with Crippen LogP contribution in [0, 0.1) is 5.41 Å². The topological polar surface area (TPSA) is 36.9 Å². The number of halogens is 12. The second-order valence-corrected chi connectivity index (χ2v) is 6.02. The van der Waals surface area contributed by atoms with E-state index in [1.807, 2.05) is 0 Å². The van der Waals surface area contributed by atoms with E-state index in [0.717, 1.165) is 0 Å². The lowest BCUT2D eigenvalue weighted by atomic mass is 9.79. The molecule has 16 heteroatoms. The second kappa shape index (κ2) is 6.01. The minimum absolute atomic E-state index is 0.316. The zero-order valence-electron chi connectivity index (χ0n) is 13.5. The molecule has 0 aromatic carbocycles. The maximum atomic E-state index is 14.1. The summed E-state index contributed by atoms with van der Waals surface area (Å²) in [5, 5.41) is 0. The molecule has 0 aromatic heterocycles.